The minimum atomic E-state index is -0.796. The van der Waals surface area contributed by atoms with Gasteiger partial charge >= 0.3 is 5.97 Å². The highest BCUT2D eigenvalue weighted by Crippen LogP contribution is 2.22. The van der Waals surface area contributed by atoms with Gasteiger partial charge in [0.2, 0.25) is 5.91 Å². The zero-order chi connectivity index (χ0) is 20.3. The standard InChI is InChI=1S/C21H21N3O4/c1-13(2)18(24-12-22-16-10-6-4-8-14(16)20(24)26)19(25)23-17-11-7-5-9-15(17)21(27)28-3/h4-13,18H,1-3H3,(H,23,25). The molecule has 0 bridgehead atoms. The third-order valence-electron chi connectivity index (χ3n) is 4.48. The molecule has 0 aliphatic carbocycles. The van der Waals surface area contributed by atoms with Crippen molar-refractivity contribution in [2.75, 3.05) is 12.4 Å². The zero-order valence-electron chi connectivity index (χ0n) is 15.9. The lowest BCUT2D eigenvalue weighted by atomic mass is 10.0. The number of fused-ring (bicyclic) bond motifs is 1. The number of rotatable bonds is 5. The first-order chi connectivity index (χ1) is 13.4. The summed E-state index contributed by atoms with van der Waals surface area (Å²) in [6.45, 7) is 3.69. The fourth-order valence-electron chi connectivity index (χ4n) is 3.12. The van der Waals surface area contributed by atoms with Crippen molar-refractivity contribution in [3.63, 3.8) is 0 Å². The van der Waals surface area contributed by atoms with E-state index in [0.717, 1.165) is 0 Å². The molecule has 28 heavy (non-hydrogen) atoms. The van der Waals surface area contributed by atoms with Crippen LogP contribution in [0.2, 0.25) is 0 Å². The number of nitrogens with one attached hydrogen (secondary N) is 1. The maximum Gasteiger partial charge on any atom is 0.339 e. The van der Waals surface area contributed by atoms with Gasteiger partial charge in [-0.25, -0.2) is 9.78 Å². The molecule has 0 aliphatic rings. The molecule has 1 aromatic heterocycles. The lowest BCUT2D eigenvalue weighted by molar-refractivity contribution is -0.120. The fourth-order valence-corrected chi connectivity index (χ4v) is 3.12. The van der Waals surface area contributed by atoms with Crippen LogP contribution in [0, 0.1) is 5.92 Å². The van der Waals surface area contributed by atoms with Crippen LogP contribution >= 0.6 is 0 Å². The van der Waals surface area contributed by atoms with Crippen LogP contribution in [0.4, 0.5) is 5.69 Å². The molecule has 3 aromatic rings. The molecule has 0 saturated heterocycles. The van der Waals surface area contributed by atoms with Crippen LogP contribution < -0.4 is 10.9 Å². The van der Waals surface area contributed by atoms with Crippen LogP contribution in [-0.2, 0) is 9.53 Å². The average Bonchev–Trinajstić information content (AvgIpc) is 2.69. The summed E-state index contributed by atoms with van der Waals surface area (Å²) >= 11 is 0. The Bertz CT molecular complexity index is 1090. The van der Waals surface area contributed by atoms with Crippen LogP contribution in [0.5, 0.6) is 0 Å². The molecule has 0 aliphatic heterocycles. The van der Waals surface area contributed by atoms with E-state index in [-0.39, 0.29) is 17.0 Å². The van der Waals surface area contributed by atoms with Gasteiger partial charge in [0.15, 0.2) is 0 Å². The third kappa shape index (κ3) is 3.64. The van der Waals surface area contributed by atoms with Crippen molar-refractivity contribution >= 4 is 28.5 Å². The Morgan fingerprint density at radius 2 is 1.75 bits per heavy atom. The summed E-state index contributed by atoms with van der Waals surface area (Å²) in [5, 5.41) is 3.20. The van der Waals surface area contributed by atoms with Gasteiger partial charge in [-0.2, -0.15) is 0 Å². The molecular weight excluding hydrogens is 358 g/mol. The number of esters is 1. The highest BCUT2D eigenvalue weighted by molar-refractivity contribution is 6.02. The van der Waals surface area contributed by atoms with Crippen LogP contribution in [0.3, 0.4) is 0 Å². The molecule has 3 rings (SSSR count). The minimum absolute atomic E-state index is 0.189. The van der Waals surface area contributed by atoms with Crippen molar-refractivity contribution in [2.24, 2.45) is 5.92 Å². The number of hydrogen-bond donors (Lipinski definition) is 1. The third-order valence-corrected chi connectivity index (χ3v) is 4.48. The summed E-state index contributed by atoms with van der Waals surface area (Å²) < 4.78 is 6.10. The molecule has 0 radical (unpaired) electrons. The second kappa shape index (κ2) is 8.04. The topological polar surface area (TPSA) is 90.3 Å². The predicted molar refractivity (Wildman–Crippen MR) is 106 cm³/mol. The van der Waals surface area contributed by atoms with E-state index in [9.17, 15) is 14.4 Å². The van der Waals surface area contributed by atoms with Gasteiger partial charge in [0.1, 0.15) is 6.04 Å². The van der Waals surface area contributed by atoms with Crippen LogP contribution in [0.1, 0.15) is 30.2 Å². The normalized spacial score (nSPS) is 12.0. The summed E-state index contributed by atoms with van der Waals surface area (Å²) in [5.41, 5.74) is 0.847. The van der Waals surface area contributed by atoms with E-state index < -0.39 is 17.9 Å². The first-order valence-electron chi connectivity index (χ1n) is 8.88. The summed E-state index contributed by atoms with van der Waals surface area (Å²) in [7, 11) is 1.28. The van der Waals surface area contributed by atoms with Gasteiger partial charge in [-0.1, -0.05) is 38.1 Å². The quantitative estimate of drug-likeness (QED) is 0.688. The Morgan fingerprint density at radius 1 is 1.07 bits per heavy atom. The van der Waals surface area contributed by atoms with Gasteiger partial charge < -0.3 is 10.1 Å². The van der Waals surface area contributed by atoms with Crippen molar-refractivity contribution in [1.29, 1.82) is 0 Å². The van der Waals surface area contributed by atoms with Crippen LogP contribution in [0.25, 0.3) is 10.9 Å². The summed E-state index contributed by atoms with van der Waals surface area (Å²) in [6.07, 6.45) is 1.39. The first-order valence-corrected chi connectivity index (χ1v) is 8.88. The Labute approximate surface area is 162 Å². The average molecular weight is 379 g/mol. The van der Waals surface area contributed by atoms with Gasteiger partial charge in [0, 0.05) is 0 Å². The number of amides is 1. The van der Waals surface area contributed by atoms with Crippen molar-refractivity contribution in [2.45, 2.75) is 19.9 Å². The number of carbonyl (C=O) groups excluding carboxylic acids is 2. The van der Waals surface area contributed by atoms with Gasteiger partial charge in [0.25, 0.3) is 5.56 Å². The lowest BCUT2D eigenvalue weighted by Crippen LogP contribution is -2.36. The Morgan fingerprint density at radius 3 is 2.46 bits per heavy atom. The molecule has 1 unspecified atom stereocenters. The van der Waals surface area contributed by atoms with Crippen LogP contribution in [0.15, 0.2) is 59.7 Å². The van der Waals surface area contributed by atoms with E-state index in [1.807, 2.05) is 13.8 Å². The van der Waals surface area contributed by atoms with E-state index >= 15 is 0 Å². The van der Waals surface area contributed by atoms with Gasteiger partial charge in [-0.3, -0.25) is 14.2 Å². The summed E-state index contributed by atoms with van der Waals surface area (Å²) in [5.74, 6) is -1.15. The molecule has 0 saturated carbocycles. The highest BCUT2D eigenvalue weighted by atomic mass is 16.5. The number of ether oxygens (including phenoxy) is 1. The second-order valence-corrected chi connectivity index (χ2v) is 6.69. The van der Waals surface area contributed by atoms with E-state index in [1.165, 1.54) is 18.0 Å². The maximum absolute atomic E-state index is 13.1. The van der Waals surface area contributed by atoms with Crippen LogP contribution in [-0.4, -0.2) is 28.5 Å². The molecule has 2 aromatic carbocycles. The SMILES string of the molecule is COC(=O)c1ccccc1NC(=O)C(C(C)C)n1cnc2ccccc2c1=O. The Kier molecular flexibility index (Phi) is 5.54. The molecule has 1 atom stereocenters. The molecule has 7 heteroatoms. The smallest absolute Gasteiger partial charge is 0.339 e. The number of para-hydroxylation sites is 2. The predicted octanol–water partition coefficient (Wildman–Crippen LogP) is 3.02. The van der Waals surface area contributed by atoms with Crippen molar-refractivity contribution in [1.82, 2.24) is 9.55 Å². The molecular formula is C21H21N3O4. The summed E-state index contributed by atoms with van der Waals surface area (Å²) in [6, 6.07) is 12.8. The highest BCUT2D eigenvalue weighted by Gasteiger charge is 2.27. The van der Waals surface area contributed by atoms with Gasteiger partial charge in [-0.15, -0.1) is 0 Å². The van der Waals surface area contributed by atoms with Gasteiger partial charge in [-0.05, 0) is 30.2 Å². The minimum Gasteiger partial charge on any atom is -0.465 e. The maximum atomic E-state index is 13.1. The van der Waals surface area contributed by atoms with Crippen molar-refractivity contribution < 1.29 is 14.3 Å². The van der Waals surface area contributed by atoms with Crippen molar-refractivity contribution in [3.8, 4) is 0 Å². The Balaban J connectivity index is 2.01. The molecule has 1 amide bonds. The number of anilines is 1. The number of nitrogens with zero attached hydrogens (tertiary/aromatic N) is 2. The van der Waals surface area contributed by atoms with E-state index in [2.05, 4.69) is 10.3 Å². The molecule has 144 valence electrons. The zero-order valence-corrected chi connectivity index (χ0v) is 15.9. The number of aromatic nitrogens is 2. The molecule has 0 spiro atoms. The molecule has 1 N–H and O–H groups in total. The molecule has 7 nitrogen and oxygen atoms in total. The van der Waals surface area contributed by atoms with E-state index in [0.29, 0.717) is 16.6 Å². The number of methoxy groups -OCH3 is 1. The number of carbonyl (C=O) groups is 2. The molecule has 0 fully saturated rings. The lowest BCUT2D eigenvalue weighted by Gasteiger charge is -2.23. The fraction of sp³-hybridized carbons (Fsp3) is 0.238. The number of benzene rings is 2. The van der Waals surface area contributed by atoms with Crippen molar-refractivity contribution in [3.05, 3.63) is 70.8 Å². The first kappa shape index (κ1) is 19.3. The number of hydrogen-bond acceptors (Lipinski definition) is 5. The van der Waals surface area contributed by atoms with E-state index in [4.69, 9.17) is 4.74 Å². The van der Waals surface area contributed by atoms with E-state index in [1.54, 1.807) is 48.5 Å². The molecule has 1 heterocycles. The summed E-state index contributed by atoms with van der Waals surface area (Å²) in [4.78, 5) is 42.2. The second-order valence-electron chi connectivity index (χ2n) is 6.69. The Hall–Kier alpha value is -3.48. The largest absolute Gasteiger partial charge is 0.465 e. The monoisotopic (exact) mass is 379 g/mol. The van der Waals surface area contributed by atoms with Gasteiger partial charge in [0.05, 0.1) is 35.6 Å².